The molecule has 2 N–H and O–H groups in total. The number of benzene rings is 1. The minimum absolute atomic E-state index is 0.102. The van der Waals surface area contributed by atoms with Crippen molar-refractivity contribution in [1.29, 1.82) is 0 Å². The molecule has 27 heavy (non-hydrogen) atoms. The van der Waals surface area contributed by atoms with Crippen LogP contribution in [0, 0.1) is 5.92 Å². The molecule has 148 valence electrons. The Labute approximate surface area is 160 Å². The Balaban J connectivity index is 0.000000387. The van der Waals surface area contributed by atoms with Crippen LogP contribution in [0.1, 0.15) is 49.0 Å². The van der Waals surface area contributed by atoms with Gasteiger partial charge in [-0.2, -0.15) is 0 Å². The number of nitrogens with zero attached hydrogens (tertiary/aromatic N) is 1. The third-order valence-corrected chi connectivity index (χ3v) is 4.44. The number of carboxylic acids is 2. The smallest absolute Gasteiger partial charge is 0.328 e. The average molecular weight is 375 g/mol. The van der Waals surface area contributed by atoms with Crippen LogP contribution in [-0.4, -0.2) is 52.5 Å². The van der Waals surface area contributed by atoms with Crippen molar-refractivity contribution in [3.63, 3.8) is 0 Å². The molecule has 0 amide bonds. The third kappa shape index (κ3) is 9.15. The molecule has 0 aromatic heterocycles. The molecule has 1 aliphatic rings. The van der Waals surface area contributed by atoms with Gasteiger partial charge in [0.25, 0.3) is 0 Å². The second kappa shape index (κ2) is 12.0. The summed E-state index contributed by atoms with van der Waals surface area (Å²) < 4.78 is 0. The molecule has 6 nitrogen and oxygen atoms in total. The summed E-state index contributed by atoms with van der Waals surface area (Å²) in [6.45, 7) is 7.42. The SMILES string of the molecule is CCc1ccc(C(=O)C(C)CN2CCCCC2)cc1.O=C(O)/C=C\C(=O)O. The number of rotatable bonds is 7. The van der Waals surface area contributed by atoms with Gasteiger partial charge in [-0.15, -0.1) is 0 Å². The van der Waals surface area contributed by atoms with Gasteiger partial charge in [0.1, 0.15) is 0 Å². The molecule has 1 heterocycles. The van der Waals surface area contributed by atoms with Crippen LogP contribution < -0.4 is 0 Å². The van der Waals surface area contributed by atoms with Crippen LogP contribution in [0.5, 0.6) is 0 Å². The number of carbonyl (C=O) groups excluding carboxylic acids is 1. The summed E-state index contributed by atoms with van der Waals surface area (Å²) in [6, 6.07) is 8.10. The summed E-state index contributed by atoms with van der Waals surface area (Å²) in [5.41, 5.74) is 2.15. The molecule has 0 aliphatic carbocycles. The minimum atomic E-state index is -1.26. The minimum Gasteiger partial charge on any atom is -0.478 e. The maximum Gasteiger partial charge on any atom is 0.328 e. The lowest BCUT2D eigenvalue weighted by Gasteiger charge is -2.28. The highest BCUT2D eigenvalue weighted by atomic mass is 16.4. The van der Waals surface area contributed by atoms with Gasteiger partial charge in [-0.1, -0.05) is 44.5 Å². The second-order valence-corrected chi connectivity index (χ2v) is 6.69. The van der Waals surface area contributed by atoms with E-state index in [9.17, 15) is 14.4 Å². The van der Waals surface area contributed by atoms with Gasteiger partial charge in [-0.25, -0.2) is 9.59 Å². The van der Waals surface area contributed by atoms with Gasteiger partial charge >= 0.3 is 11.9 Å². The Bertz CT molecular complexity index is 629. The van der Waals surface area contributed by atoms with E-state index in [-0.39, 0.29) is 11.7 Å². The van der Waals surface area contributed by atoms with Crippen molar-refractivity contribution < 1.29 is 24.6 Å². The molecule has 0 bridgehead atoms. The van der Waals surface area contributed by atoms with Crippen LogP contribution in [-0.2, 0) is 16.0 Å². The summed E-state index contributed by atoms with van der Waals surface area (Å²) >= 11 is 0. The summed E-state index contributed by atoms with van der Waals surface area (Å²) in [4.78, 5) is 33.9. The molecule has 1 aromatic carbocycles. The predicted molar refractivity (Wildman–Crippen MR) is 104 cm³/mol. The van der Waals surface area contributed by atoms with Gasteiger partial charge < -0.3 is 15.1 Å². The van der Waals surface area contributed by atoms with E-state index in [1.165, 1.54) is 24.8 Å². The average Bonchev–Trinajstić information content (AvgIpc) is 2.67. The zero-order valence-electron chi connectivity index (χ0n) is 16.1. The van der Waals surface area contributed by atoms with Crippen LogP contribution in [0.4, 0.5) is 0 Å². The zero-order valence-corrected chi connectivity index (χ0v) is 16.1. The van der Waals surface area contributed by atoms with Crippen LogP contribution in [0.15, 0.2) is 36.4 Å². The first kappa shape index (κ1) is 22.6. The topological polar surface area (TPSA) is 94.9 Å². The molecule has 1 aromatic rings. The summed E-state index contributed by atoms with van der Waals surface area (Å²) in [6.07, 6.45) is 6.05. The van der Waals surface area contributed by atoms with E-state index in [1.54, 1.807) is 0 Å². The summed E-state index contributed by atoms with van der Waals surface area (Å²) in [5, 5.41) is 15.6. The molecule has 0 radical (unpaired) electrons. The Morgan fingerprint density at radius 2 is 1.52 bits per heavy atom. The number of hydrogen-bond donors (Lipinski definition) is 2. The largest absolute Gasteiger partial charge is 0.478 e. The van der Waals surface area contributed by atoms with Gasteiger partial charge in [0.15, 0.2) is 5.78 Å². The number of piperidine rings is 1. The summed E-state index contributed by atoms with van der Waals surface area (Å²) in [7, 11) is 0. The van der Waals surface area contributed by atoms with Gasteiger partial charge in [0.2, 0.25) is 0 Å². The molecule has 1 atom stereocenters. The number of carbonyl (C=O) groups is 3. The highest BCUT2D eigenvalue weighted by Gasteiger charge is 2.19. The molecule has 1 fully saturated rings. The van der Waals surface area contributed by atoms with Gasteiger partial charge in [-0.05, 0) is 37.9 Å². The van der Waals surface area contributed by atoms with Gasteiger partial charge in [-0.3, -0.25) is 4.79 Å². The van der Waals surface area contributed by atoms with Gasteiger partial charge in [0, 0.05) is 30.2 Å². The monoisotopic (exact) mass is 375 g/mol. The van der Waals surface area contributed by atoms with Crippen molar-refractivity contribution in [3.8, 4) is 0 Å². The molecular weight excluding hydrogens is 346 g/mol. The van der Waals surface area contributed by atoms with E-state index in [2.05, 4.69) is 30.9 Å². The Morgan fingerprint density at radius 1 is 1.00 bits per heavy atom. The normalized spacial score (nSPS) is 15.6. The van der Waals surface area contributed by atoms with Crippen LogP contribution in [0.25, 0.3) is 0 Å². The maximum atomic E-state index is 12.4. The Morgan fingerprint density at radius 3 is 1.96 bits per heavy atom. The molecule has 0 spiro atoms. The van der Waals surface area contributed by atoms with E-state index < -0.39 is 11.9 Å². The van der Waals surface area contributed by atoms with Crippen LogP contribution >= 0.6 is 0 Å². The van der Waals surface area contributed by atoms with Crippen molar-refractivity contribution in [2.75, 3.05) is 19.6 Å². The molecule has 2 rings (SSSR count). The molecule has 1 aliphatic heterocycles. The van der Waals surface area contributed by atoms with E-state index in [1.807, 2.05) is 12.1 Å². The molecule has 0 saturated carbocycles. The fourth-order valence-corrected chi connectivity index (χ4v) is 2.94. The van der Waals surface area contributed by atoms with Gasteiger partial charge in [0.05, 0.1) is 0 Å². The Kier molecular flexibility index (Phi) is 10.0. The first-order valence-electron chi connectivity index (χ1n) is 9.33. The standard InChI is InChI=1S/C17H25NO.C4H4O4/c1-3-15-7-9-16(10-8-15)17(19)14(2)13-18-11-5-4-6-12-18;5-3(6)1-2-4(7)8/h7-10,14H,3-6,11-13H2,1-2H3;1-2H,(H,5,6)(H,7,8)/b;2-1-. The fourth-order valence-electron chi connectivity index (χ4n) is 2.94. The highest BCUT2D eigenvalue weighted by Crippen LogP contribution is 2.15. The zero-order chi connectivity index (χ0) is 20.2. The maximum absolute atomic E-state index is 12.4. The number of aryl methyl sites for hydroxylation is 1. The number of carboxylic acid groups (broad SMARTS) is 2. The number of hydrogen-bond acceptors (Lipinski definition) is 4. The molecule has 1 saturated heterocycles. The first-order valence-corrected chi connectivity index (χ1v) is 9.33. The molecule has 6 heteroatoms. The van der Waals surface area contributed by atoms with E-state index in [0.717, 1.165) is 31.6 Å². The number of ketones is 1. The van der Waals surface area contributed by atoms with E-state index in [0.29, 0.717) is 12.2 Å². The predicted octanol–water partition coefficient (Wildman–Crippen LogP) is 3.27. The van der Waals surface area contributed by atoms with E-state index >= 15 is 0 Å². The molecular formula is C21H29NO5. The second-order valence-electron chi connectivity index (χ2n) is 6.69. The number of likely N-dealkylation sites (tertiary alicyclic amines) is 1. The number of Topliss-reactive ketones (excluding diaryl/α,β-unsaturated/α-hetero) is 1. The quantitative estimate of drug-likeness (QED) is 0.561. The van der Waals surface area contributed by atoms with Crippen molar-refractivity contribution in [2.45, 2.75) is 39.5 Å². The lowest BCUT2D eigenvalue weighted by atomic mass is 9.97. The van der Waals surface area contributed by atoms with Crippen molar-refractivity contribution in [3.05, 3.63) is 47.5 Å². The van der Waals surface area contributed by atoms with Crippen LogP contribution in [0.3, 0.4) is 0 Å². The number of aliphatic carboxylic acids is 2. The first-order chi connectivity index (χ1) is 12.8. The van der Waals surface area contributed by atoms with E-state index in [4.69, 9.17) is 10.2 Å². The van der Waals surface area contributed by atoms with Crippen molar-refractivity contribution in [1.82, 2.24) is 4.90 Å². The molecule has 1 unspecified atom stereocenters. The third-order valence-electron chi connectivity index (χ3n) is 4.44. The van der Waals surface area contributed by atoms with Crippen LogP contribution in [0.2, 0.25) is 0 Å². The van der Waals surface area contributed by atoms with Crippen molar-refractivity contribution >= 4 is 17.7 Å². The summed E-state index contributed by atoms with van der Waals surface area (Å²) in [5.74, 6) is -2.13. The lowest BCUT2D eigenvalue weighted by molar-refractivity contribution is -0.134. The fraction of sp³-hybridized carbons (Fsp3) is 0.476. The van der Waals surface area contributed by atoms with Crippen molar-refractivity contribution in [2.24, 2.45) is 5.92 Å². The highest BCUT2D eigenvalue weighted by molar-refractivity contribution is 5.97. The lowest BCUT2D eigenvalue weighted by Crippen LogP contribution is -2.35. The Hall–Kier alpha value is -2.47.